The second kappa shape index (κ2) is 6.86. The highest BCUT2D eigenvalue weighted by Gasteiger charge is 2.12. The van der Waals surface area contributed by atoms with Gasteiger partial charge in [0.1, 0.15) is 0 Å². The third-order valence-electron chi connectivity index (χ3n) is 1.93. The molecule has 4 heteroatoms. The number of hydrogen-bond donors (Lipinski definition) is 2. The minimum atomic E-state index is -0.142. The van der Waals surface area contributed by atoms with Gasteiger partial charge < -0.3 is 15.4 Å². The highest BCUT2D eigenvalue weighted by Crippen LogP contribution is 1.93. The zero-order chi connectivity index (χ0) is 10.3. The first kappa shape index (κ1) is 12.4. The molecule has 2 N–H and O–H groups in total. The molecule has 0 aliphatic carbocycles. The Labute approximate surface area is 80.0 Å². The minimum absolute atomic E-state index is 0.0178. The number of rotatable bonds is 6. The van der Waals surface area contributed by atoms with Crippen molar-refractivity contribution in [2.75, 3.05) is 20.8 Å². The summed E-state index contributed by atoms with van der Waals surface area (Å²) in [5, 5.41) is 5.77. The number of carbonyl (C=O) groups excluding carboxylic acids is 1. The molecule has 0 aromatic heterocycles. The van der Waals surface area contributed by atoms with E-state index in [1.165, 1.54) is 0 Å². The third kappa shape index (κ3) is 5.60. The molecular weight excluding hydrogens is 168 g/mol. The van der Waals surface area contributed by atoms with E-state index in [-0.39, 0.29) is 11.9 Å². The second-order valence-corrected chi connectivity index (χ2v) is 3.19. The fraction of sp³-hybridized carbons (Fsp3) is 0.889. The highest BCUT2D eigenvalue weighted by molar-refractivity contribution is 5.80. The number of likely N-dealkylation sites (N-methyl/N-ethyl adjacent to an activating group) is 1. The molecule has 0 aliphatic rings. The quantitative estimate of drug-likeness (QED) is 0.623. The maximum atomic E-state index is 11.1. The van der Waals surface area contributed by atoms with Crippen molar-refractivity contribution in [3.63, 3.8) is 0 Å². The summed E-state index contributed by atoms with van der Waals surface area (Å²) in [6.07, 6.45) is 0.915. The van der Waals surface area contributed by atoms with Crippen LogP contribution < -0.4 is 10.6 Å². The van der Waals surface area contributed by atoms with Gasteiger partial charge in [0.2, 0.25) is 5.91 Å². The van der Waals surface area contributed by atoms with Gasteiger partial charge >= 0.3 is 0 Å². The van der Waals surface area contributed by atoms with E-state index < -0.39 is 0 Å². The first-order chi connectivity index (χ1) is 6.11. The summed E-state index contributed by atoms with van der Waals surface area (Å²) in [5.74, 6) is 0.0178. The fourth-order valence-electron chi connectivity index (χ4n) is 1.10. The summed E-state index contributed by atoms with van der Waals surface area (Å²) in [6, 6.07) is 0.157. The molecule has 0 heterocycles. The summed E-state index contributed by atoms with van der Waals surface area (Å²) < 4.78 is 4.94. The Morgan fingerprint density at radius 3 is 2.54 bits per heavy atom. The van der Waals surface area contributed by atoms with Crippen molar-refractivity contribution in [1.29, 1.82) is 0 Å². The number of carbonyl (C=O) groups is 1. The molecule has 13 heavy (non-hydrogen) atoms. The van der Waals surface area contributed by atoms with E-state index in [2.05, 4.69) is 10.6 Å². The molecule has 0 fully saturated rings. The van der Waals surface area contributed by atoms with Crippen LogP contribution >= 0.6 is 0 Å². The van der Waals surface area contributed by atoms with Gasteiger partial charge in [-0.2, -0.15) is 0 Å². The zero-order valence-electron chi connectivity index (χ0n) is 8.89. The van der Waals surface area contributed by atoms with E-state index in [0.717, 1.165) is 6.42 Å². The van der Waals surface area contributed by atoms with Crippen molar-refractivity contribution in [2.45, 2.75) is 32.4 Å². The van der Waals surface area contributed by atoms with Crippen LogP contribution in [0.5, 0.6) is 0 Å². The van der Waals surface area contributed by atoms with Crippen LogP contribution in [-0.2, 0) is 9.53 Å². The van der Waals surface area contributed by atoms with Gasteiger partial charge in [0.25, 0.3) is 0 Å². The number of methoxy groups -OCH3 is 1. The van der Waals surface area contributed by atoms with Crippen LogP contribution in [0.1, 0.15) is 20.3 Å². The van der Waals surface area contributed by atoms with Gasteiger partial charge in [-0.05, 0) is 20.3 Å². The molecule has 0 bridgehead atoms. The second-order valence-electron chi connectivity index (χ2n) is 3.19. The standard InChI is InChI=1S/C9H20N2O2/c1-7(5-6-13-4)11-8(2)9(12)10-3/h7-8,11H,5-6H2,1-4H3,(H,10,12). The van der Waals surface area contributed by atoms with Crippen molar-refractivity contribution in [3.8, 4) is 0 Å². The van der Waals surface area contributed by atoms with E-state index in [4.69, 9.17) is 4.74 Å². The van der Waals surface area contributed by atoms with Crippen molar-refractivity contribution >= 4 is 5.91 Å². The Bertz CT molecular complexity index is 151. The summed E-state index contributed by atoms with van der Waals surface area (Å²) in [5.41, 5.74) is 0. The molecule has 0 saturated heterocycles. The predicted octanol–water partition coefficient (Wildman–Crippen LogP) is 0.135. The first-order valence-electron chi connectivity index (χ1n) is 4.58. The van der Waals surface area contributed by atoms with Crippen LogP contribution in [0, 0.1) is 0 Å². The molecule has 0 saturated carbocycles. The molecule has 78 valence electrons. The van der Waals surface area contributed by atoms with Gasteiger partial charge in [-0.3, -0.25) is 4.79 Å². The largest absolute Gasteiger partial charge is 0.385 e. The fourth-order valence-corrected chi connectivity index (χ4v) is 1.10. The zero-order valence-corrected chi connectivity index (χ0v) is 8.89. The summed E-state index contributed by atoms with van der Waals surface area (Å²) in [4.78, 5) is 11.1. The van der Waals surface area contributed by atoms with Crippen molar-refractivity contribution in [2.24, 2.45) is 0 Å². The SMILES string of the molecule is CNC(=O)C(C)NC(C)CCOC. The van der Waals surface area contributed by atoms with Gasteiger partial charge in [-0.15, -0.1) is 0 Å². The highest BCUT2D eigenvalue weighted by atomic mass is 16.5. The van der Waals surface area contributed by atoms with E-state index in [9.17, 15) is 4.79 Å². The molecular formula is C9H20N2O2. The lowest BCUT2D eigenvalue weighted by molar-refractivity contribution is -0.122. The molecule has 1 amide bonds. The number of ether oxygens (including phenoxy) is 1. The van der Waals surface area contributed by atoms with Crippen molar-refractivity contribution in [1.82, 2.24) is 10.6 Å². The lowest BCUT2D eigenvalue weighted by Gasteiger charge is -2.18. The summed E-state index contributed by atoms with van der Waals surface area (Å²) in [7, 11) is 3.31. The predicted molar refractivity (Wildman–Crippen MR) is 52.6 cm³/mol. The molecule has 4 nitrogen and oxygen atoms in total. The molecule has 0 rings (SSSR count). The molecule has 0 radical (unpaired) electrons. The average molecular weight is 188 g/mol. The van der Waals surface area contributed by atoms with E-state index >= 15 is 0 Å². The van der Waals surface area contributed by atoms with Gasteiger partial charge in [0.15, 0.2) is 0 Å². The molecule has 0 aromatic carbocycles. The van der Waals surface area contributed by atoms with Crippen molar-refractivity contribution in [3.05, 3.63) is 0 Å². The summed E-state index contributed by atoms with van der Waals surface area (Å²) >= 11 is 0. The Hall–Kier alpha value is -0.610. The Morgan fingerprint density at radius 2 is 2.08 bits per heavy atom. The lowest BCUT2D eigenvalue weighted by atomic mass is 10.2. The van der Waals surface area contributed by atoms with Gasteiger partial charge in [-0.25, -0.2) is 0 Å². The van der Waals surface area contributed by atoms with Crippen LogP contribution in [0.25, 0.3) is 0 Å². The van der Waals surface area contributed by atoms with Crippen LogP contribution in [0.2, 0.25) is 0 Å². The number of hydrogen-bond acceptors (Lipinski definition) is 3. The molecule has 0 aliphatic heterocycles. The number of nitrogens with one attached hydrogen (secondary N) is 2. The lowest BCUT2D eigenvalue weighted by Crippen LogP contribution is -2.44. The molecule has 0 aromatic rings. The van der Waals surface area contributed by atoms with Gasteiger partial charge in [-0.1, -0.05) is 0 Å². The maximum Gasteiger partial charge on any atom is 0.236 e. The molecule has 2 atom stereocenters. The number of amides is 1. The first-order valence-corrected chi connectivity index (χ1v) is 4.58. The third-order valence-corrected chi connectivity index (χ3v) is 1.93. The average Bonchev–Trinajstić information content (AvgIpc) is 2.13. The minimum Gasteiger partial charge on any atom is -0.385 e. The topological polar surface area (TPSA) is 50.4 Å². The van der Waals surface area contributed by atoms with Gasteiger partial charge in [0.05, 0.1) is 6.04 Å². The Kier molecular flexibility index (Phi) is 6.54. The van der Waals surface area contributed by atoms with Crippen LogP contribution in [0.3, 0.4) is 0 Å². The van der Waals surface area contributed by atoms with E-state index in [0.29, 0.717) is 12.6 Å². The van der Waals surface area contributed by atoms with Crippen LogP contribution in [0.15, 0.2) is 0 Å². The summed E-state index contributed by atoms with van der Waals surface area (Å²) in [6.45, 7) is 4.61. The molecule has 0 spiro atoms. The Morgan fingerprint density at radius 1 is 1.46 bits per heavy atom. The normalized spacial score (nSPS) is 15.1. The maximum absolute atomic E-state index is 11.1. The Balaban J connectivity index is 3.64. The van der Waals surface area contributed by atoms with Crippen molar-refractivity contribution < 1.29 is 9.53 Å². The smallest absolute Gasteiger partial charge is 0.236 e. The van der Waals surface area contributed by atoms with Gasteiger partial charge in [0, 0.05) is 26.8 Å². The van der Waals surface area contributed by atoms with E-state index in [1.54, 1.807) is 14.2 Å². The van der Waals surface area contributed by atoms with E-state index in [1.807, 2.05) is 13.8 Å². The monoisotopic (exact) mass is 188 g/mol. The van der Waals surface area contributed by atoms with Crippen LogP contribution in [-0.4, -0.2) is 38.8 Å². The molecule has 2 unspecified atom stereocenters. The van der Waals surface area contributed by atoms with Crippen LogP contribution in [0.4, 0.5) is 0 Å².